The van der Waals surface area contributed by atoms with Crippen LogP contribution in [0.3, 0.4) is 0 Å². The minimum atomic E-state index is -0.987. The lowest BCUT2D eigenvalue weighted by Crippen LogP contribution is -2.20. The minimum absolute atomic E-state index is 0.945. The van der Waals surface area contributed by atoms with E-state index in [1.807, 2.05) is 0 Å². The summed E-state index contributed by atoms with van der Waals surface area (Å²) in [5.74, 6) is 0.945. The van der Waals surface area contributed by atoms with Gasteiger partial charge in [0.25, 0.3) is 0 Å². The molecule has 0 amide bonds. The molecule has 0 heterocycles. The molecule has 0 atom stereocenters. The largest absolute Gasteiger partial charge is 0.0955 e. The van der Waals surface area contributed by atoms with Crippen LogP contribution in [0.25, 0.3) is 0 Å². The minimum Gasteiger partial charge on any atom is -0.0955 e. The first-order valence-electron chi connectivity index (χ1n) is 6.24. The molecule has 1 aliphatic carbocycles. The zero-order chi connectivity index (χ0) is 10.6. The first kappa shape index (κ1) is 12.0. The van der Waals surface area contributed by atoms with Crippen molar-refractivity contribution in [2.24, 2.45) is 5.92 Å². The highest BCUT2D eigenvalue weighted by Crippen LogP contribution is 2.32. The Bertz CT molecular complexity index is 192. The second-order valence-electron chi connectivity index (χ2n) is 5.77. The summed E-state index contributed by atoms with van der Waals surface area (Å²) in [5.41, 5.74) is 4.44. The summed E-state index contributed by atoms with van der Waals surface area (Å²) in [7, 11) is -0.987. The van der Waals surface area contributed by atoms with E-state index >= 15 is 0 Å². The van der Waals surface area contributed by atoms with E-state index in [0.717, 1.165) is 5.92 Å². The Morgan fingerprint density at radius 1 is 1.14 bits per heavy atom. The molecule has 1 fully saturated rings. The predicted molar refractivity (Wildman–Crippen MR) is 68.3 cm³/mol. The lowest BCUT2D eigenvalue weighted by molar-refractivity contribution is 0.397. The summed E-state index contributed by atoms with van der Waals surface area (Å²) in [6.07, 6.45) is 8.62. The van der Waals surface area contributed by atoms with Gasteiger partial charge in [-0.05, 0) is 25.2 Å². The van der Waals surface area contributed by atoms with Gasteiger partial charge in [0.1, 0.15) is 0 Å². The van der Waals surface area contributed by atoms with Gasteiger partial charge in [-0.25, -0.2) is 0 Å². The lowest BCUT2D eigenvalue weighted by Gasteiger charge is -2.26. The summed E-state index contributed by atoms with van der Waals surface area (Å²) >= 11 is 0. The van der Waals surface area contributed by atoms with E-state index in [1.54, 1.807) is 5.57 Å². The van der Waals surface area contributed by atoms with Crippen LogP contribution in [0.1, 0.15) is 45.4 Å². The first-order chi connectivity index (χ1) is 6.53. The third-order valence-electron chi connectivity index (χ3n) is 3.16. The van der Waals surface area contributed by atoms with Gasteiger partial charge in [0.15, 0.2) is 0 Å². The normalized spacial score (nSPS) is 21.3. The molecule has 0 aliphatic heterocycles. The van der Waals surface area contributed by atoms with Gasteiger partial charge >= 0.3 is 0 Å². The highest BCUT2D eigenvalue weighted by atomic mass is 28.3. The molecule has 0 aromatic heterocycles. The molecule has 1 heteroatoms. The van der Waals surface area contributed by atoms with Crippen molar-refractivity contribution < 1.29 is 0 Å². The van der Waals surface area contributed by atoms with E-state index in [1.165, 1.54) is 38.5 Å². The third-order valence-corrected chi connectivity index (χ3v) is 4.39. The Kier molecular flexibility index (Phi) is 4.43. The molecule has 0 bridgehead atoms. The SMILES string of the molecule is CC/C(=C\[Si](C)(C)C)C1CCCCC1. The van der Waals surface area contributed by atoms with Gasteiger partial charge in [-0.3, -0.25) is 0 Å². The zero-order valence-electron chi connectivity index (χ0n) is 10.4. The molecular weight excluding hydrogens is 184 g/mol. The van der Waals surface area contributed by atoms with E-state index in [4.69, 9.17) is 0 Å². The fraction of sp³-hybridized carbons (Fsp3) is 0.846. The average molecular weight is 210 g/mol. The Balaban J connectivity index is 2.64. The van der Waals surface area contributed by atoms with Crippen molar-refractivity contribution in [1.82, 2.24) is 0 Å². The fourth-order valence-corrected chi connectivity index (χ4v) is 4.09. The Hall–Kier alpha value is -0.0431. The molecule has 0 spiro atoms. The van der Waals surface area contributed by atoms with Gasteiger partial charge in [0, 0.05) is 0 Å². The van der Waals surface area contributed by atoms with Crippen molar-refractivity contribution in [1.29, 1.82) is 0 Å². The molecule has 0 radical (unpaired) electrons. The summed E-state index contributed by atoms with van der Waals surface area (Å²) in [4.78, 5) is 0. The van der Waals surface area contributed by atoms with Crippen LogP contribution in [0, 0.1) is 5.92 Å². The Morgan fingerprint density at radius 3 is 2.14 bits per heavy atom. The fourth-order valence-electron chi connectivity index (χ4n) is 2.54. The standard InChI is InChI=1S/C13H26Si/c1-5-12(11-14(2,3)4)13-9-7-6-8-10-13/h11,13H,5-10H2,1-4H3/b12-11+. The van der Waals surface area contributed by atoms with Crippen LogP contribution in [-0.2, 0) is 0 Å². The summed E-state index contributed by atoms with van der Waals surface area (Å²) in [6, 6.07) is 0. The summed E-state index contributed by atoms with van der Waals surface area (Å²) in [6.45, 7) is 9.68. The number of rotatable bonds is 3. The highest BCUT2D eigenvalue weighted by Gasteiger charge is 2.19. The molecular formula is C13H26Si. The van der Waals surface area contributed by atoms with Crippen molar-refractivity contribution in [3.05, 3.63) is 11.3 Å². The second-order valence-corrected chi connectivity index (χ2v) is 10.8. The molecule has 0 nitrogen and oxygen atoms in total. The van der Waals surface area contributed by atoms with E-state index in [2.05, 4.69) is 32.3 Å². The molecule has 0 saturated heterocycles. The maximum atomic E-state index is 2.66. The molecule has 1 aliphatic rings. The van der Waals surface area contributed by atoms with Gasteiger partial charge in [-0.1, -0.05) is 57.1 Å². The number of hydrogen-bond donors (Lipinski definition) is 0. The molecule has 0 aromatic carbocycles. The Morgan fingerprint density at radius 2 is 1.71 bits per heavy atom. The van der Waals surface area contributed by atoms with Crippen LogP contribution in [0.2, 0.25) is 19.6 Å². The maximum absolute atomic E-state index is 2.66. The molecule has 0 unspecified atom stereocenters. The van der Waals surface area contributed by atoms with Crippen LogP contribution in [0.5, 0.6) is 0 Å². The van der Waals surface area contributed by atoms with Gasteiger partial charge in [-0.2, -0.15) is 0 Å². The molecule has 0 aromatic rings. The van der Waals surface area contributed by atoms with E-state index in [-0.39, 0.29) is 0 Å². The van der Waals surface area contributed by atoms with Crippen LogP contribution in [0.15, 0.2) is 11.3 Å². The quantitative estimate of drug-likeness (QED) is 0.588. The maximum Gasteiger partial charge on any atom is 0.0686 e. The Labute approximate surface area is 90.8 Å². The third kappa shape index (κ3) is 3.99. The van der Waals surface area contributed by atoms with Crippen molar-refractivity contribution in [3.8, 4) is 0 Å². The van der Waals surface area contributed by atoms with Crippen molar-refractivity contribution in [3.63, 3.8) is 0 Å². The van der Waals surface area contributed by atoms with Crippen LogP contribution in [-0.4, -0.2) is 8.07 Å². The number of allylic oxidation sites excluding steroid dienone is 1. The smallest absolute Gasteiger partial charge is 0.0686 e. The summed E-state index contributed by atoms with van der Waals surface area (Å²) in [5, 5.41) is 0. The lowest BCUT2D eigenvalue weighted by atomic mass is 9.83. The second kappa shape index (κ2) is 5.15. The summed E-state index contributed by atoms with van der Waals surface area (Å²) < 4.78 is 0. The van der Waals surface area contributed by atoms with E-state index < -0.39 is 8.07 Å². The molecule has 14 heavy (non-hydrogen) atoms. The van der Waals surface area contributed by atoms with Gasteiger partial charge in [0.05, 0.1) is 8.07 Å². The topological polar surface area (TPSA) is 0 Å². The highest BCUT2D eigenvalue weighted by molar-refractivity contribution is 6.81. The zero-order valence-corrected chi connectivity index (χ0v) is 11.4. The van der Waals surface area contributed by atoms with Gasteiger partial charge < -0.3 is 0 Å². The van der Waals surface area contributed by atoms with Crippen LogP contribution in [0.4, 0.5) is 0 Å². The monoisotopic (exact) mass is 210 g/mol. The van der Waals surface area contributed by atoms with Crippen molar-refractivity contribution in [2.75, 3.05) is 0 Å². The molecule has 1 saturated carbocycles. The van der Waals surface area contributed by atoms with E-state index in [9.17, 15) is 0 Å². The van der Waals surface area contributed by atoms with Crippen LogP contribution >= 0.6 is 0 Å². The van der Waals surface area contributed by atoms with Gasteiger partial charge in [0.2, 0.25) is 0 Å². The van der Waals surface area contributed by atoms with E-state index in [0.29, 0.717) is 0 Å². The predicted octanol–water partition coefficient (Wildman–Crippen LogP) is 4.78. The van der Waals surface area contributed by atoms with Gasteiger partial charge in [-0.15, -0.1) is 0 Å². The molecule has 82 valence electrons. The molecule has 1 rings (SSSR count). The van der Waals surface area contributed by atoms with Crippen molar-refractivity contribution in [2.45, 2.75) is 65.1 Å². The van der Waals surface area contributed by atoms with Crippen molar-refractivity contribution >= 4 is 8.07 Å². The van der Waals surface area contributed by atoms with Crippen LogP contribution < -0.4 is 0 Å². The first-order valence-corrected chi connectivity index (χ1v) is 9.82. The average Bonchev–Trinajstić information content (AvgIpc) is 2.14. The number of hydrogen-bond acceptors (Lipinski definition) is 0. The molecule has 0 N–H and O–H groups in total.